The van der Waals surface area contributed by atoms with Gasteiger partial charge in [-0.3, -0.25) is 14.6 Å². The lowest BCUT2D eigenvalue weighted by molar-refractivity contribution is 0.0944. The first-order chi connectivity index (χ1) is 8.49. The van der Waals surface area contributed by atoms with E-state index in [1.54, 1.807) is 4.68 Å². The number of carbonyl (C=O) groups is 1. The van der Waals surface area contributed by atoms with Crippen molar-refractivity contribution in [2.45, 2.75) is 13.5 Å². The fraction of sp³-hybridized carbons (Fsp3) is 0.300. The molecule has 6 nitrogen and oxygen atoms in total. The summed E-state index contributed by atoms with van der Waals surface area (Å²) >= 11 is 6.50. The van der Waals surface area contributed by atoms with Crippen molar-refractivity contribution < 1.29 is 4.79 Å². The van der Waals surface area contributed by atoms with Crippen molar-refractivity contribution in [1.29, 1.82) is 0 Å². The van der Waals surface area contributed by atoms with E-state index >= 15 is 0 Å². The summed E-state index contributed by atoms with van der Waals surface area (Å²) in [4.78, 5) is 11.9. The van der Waals surface area contributed by atoms with Crippen molar-refractivity contribution in [2.75, 3.05) is 0 Å². The molecule has 2 heterocycles. The monoisotopic (exact) mass is 375 g/mol. The summed E-state index contributed by atoms with van der Waals surface area (Å²) in [6.07, 6.45) is 0. The molecule has 0 atom stereocenters. The Morgan fingerprint density at radius 3 is 2.78 bits per heavy atom. The third-order valence-corrected chi connectivity index (χ3v) is 4.35. The van der Waals surface area contributed by atoms with Crippen molar-refractivity contribution in [3.8, 4) is 0 Å². The summed E-state index contributed by atoms with van der Waals surface area (Å²) < 4.78 is 3.02. The normalized spacial score (nSPS) is 10.7. The van der Waals surface area contributed by atoms with E-state index in [2.05, 4.69) is 52.5 Å². The number of aromatic nitrogens is 4. The fourth-order valence-electron chi connectivity index (χ4n) is 1.43. The highest BCUT2D eigenvalue weighted by Crippen LogP contribution is 2.23. The summed E-state index contributed by atoms with van der Waals surface area (Å²) in [6.45, 7) is 2.33. The molecule has 0 aliphatic carbocycles. The van der Waals surface area contributed by atoms with Gasteiger partial charge in [-0.25, -0.2) is 0 Å². The Labute approximate surface area is 120 Å². The quantitative estimate of drug-likeness (QED) is 0.858. The first-order valence-corrected chi connectivity index (χ1v) is 6.74. The van der Waals surface area contributed by atoms with Gasteiger partial charge in [-0.1, -0.05) is 0 Å². The highest BCUT2D eigenvalue weighted by molar-refractivity contribution is 9.13. The van der Waals surface area contributed by atoms with Gasteiger partial charge in [0.25, 0.3) is 5.91 Å². The summed E-state index contributed by atoms with van der Waals surface area (Å²) in [6, 6.07) is 1.93. The molecule has 2 aromatic rings. The Balaban J connectivity index is 2.02. The number of H-pyrrole nitrogens is 1. The van der Waals surface area contributed by atoms with E-state index in [0.717, 1.165) is 11.4 Å². The lowest BCUT2D eigenvalue weighted by atomic mass is 10.3. The second kappa shape index (κ2) is 5.23. The fourth-order valence-corrected chi connectivity index (χ4v) is 2.07. The van der Waals surface area contributed by atoms with E-state index in [9.17, 15) is 4.79 Å². The molecule has 0 saturated heterocycles. The number of amides is 1. The molecule has 0 bridgehead atoms. The first-order valence-electron chi connectivity index (χ1n) is 5.16. The number of hydrogen-bond donors (Lipinski definition) is 2. The SMILES string of the molecule is Cc1cc(CNC(=O)c2n[nH]c(Br)c2Br)nn1C. The van der Waals surface area contributed by atoms with Crippen LogP contribution >= 0.6 is 31.9 Å². The maximum absolute atomic E-state index is 11.9. The Hall–Kier alpha value is -1.15. The molecule has 8 heteroatoms. The number of nitrogens with zero attached hydrogens (tertiary/aromatic N) is 3. The van der Waals surface area contributed by atoms with Gasteiger partial charge in [0.1, 0.15) is 4.60 Å². The van der Waals surface area contributed by atoms with Crippen LogP contribution in [-0.4, -0.2) is 25.9 Å². The van der Waals surface area contributed by atoms with Gasteiger partial charge in [-0.2, -0.15) is 10.2 Å². The standard InChI is InChI=1S/C10H11Br2N5O/c1-5-3-6(16-17(5)2)4-13-10(18)8-7(11)9(12)15-14-8/h3H,4H2,1-2H3,(H,13,18)(H,14,15). The predicted molar refractivity (Wildman–Crippen MR) is 73.1 cm³/mol. The van der Waals surface area contributed by atoms with Gasteiger partial charge in [-0.05, 0) is 44.8 Å². The van der Waals surface area contributed by atoms with Crippen molar-refractivity contribution in [2.24, 2.45) is 7.05 Å². The maximum atomic E-state index is 11.9. The number of hydrogen-bond acceptors (Lipinski definition) is 3. The van der Waals surface area contributed by atoms with E-state index in [1.807, 2.05) is 20.0 Å². The maximum Gasteiger partial charge on any atom is 0.273 e. The minimum atomic E-state index is -0.257. The van der Waals surface area contributed by atoms with Crippen LogP contribution in [0, 0.1) is 6.92 Å². The minimum Gasteiger partial charge on any atom is -0.345 e. The molecule has 2 N–H and O–H groups in total. The van der Waals surface area contributed by atoms with E-state index in [1.165, 1.54) is 0 Å². The number of rotatable bonds is 3. The third-order valence-electron chi connectivity index (χ3n) is 2.48. The molecule has 2 aromatic heterocycles. The number of aromatic amines is 1. The van der Waals surface area contributed by atoms with Crippen LogP contribution in [0.15, 0.2) is 15.1 Å². The van der Waals surface area contributed by atoms with Crippen molar-refractivity contribution in [3.63, 3.8) is 0 Å². The average molecular weight is 377 g/mol. The van der Waals surface area contributed by atoms with Gasteiger partial charge < -0.3 is 5.32 Å². The third kappa shape index (κ3) is 2.64. The van der Waals surface area contributed by atoms with E-state index in [4.69, 9.17) is 0 Å². The topological polar surface area (TPSA) is 75.6 Å². The van der Waals surface area contributed by atoms with Crippen LogP contribution in [-0.2, 0) is 13.6 Å². The van der Waals surface area contributed by atoms with Gasteiger partial charge >= 0.3 is 0 Å². The molecule has 0 fully saturated rings. The molecule has 0 radical (unpaired) electrons. The Kier molecular flexibility index (Phi) is 3.86. The summed E-state index contributed by atoms with van der Waals surface area (Å²) in [5.74, 6) is -0.257. The van der Waals surface area contributed by atoms with Crippen molar-refractivity contribution in [1.82, 2.24) is 25.3 Å². The van der Waals surface area contributed by atoms with Gasteiger partial charge in [-0.15, -0.1) is 0 Å². The largest absolute Gasteiger partial charge is 0.345 e. The highest BCUT2D eigenvalue weighted by Gasteiger charge is 2.16. The van der Waals surface area contributed by atoms with E-state index in [-0.39, 0.29) is 5.91 Å². The molecule has 0 unspecified atom stereocenters. The van der Waals surface area contributed by atoms with Gasteiger partial charge in [0.15, 0.2) is 5.69 Å². The second-order valence-electron chi connectivity index (χ2n) is 3.78. The van der Waals surface area contributed by atoms with Gasteiger partial charge in [0.05, 0.1) is 16.7 Å². The number of halogens is 2. The summed E-state index contributed by atoms with van der Waals surface area (Å²) in [7, 11) is 1.86. The molecule has 0 spiro atoms. The van der Waals surface area contributed by atoms with Gasteiger partial charge in [0.2, 0.25) is 0 Å². The zero-order chi connectivity index (χ0) is 13.3. The predicted octanol–water partition coefficient (Wildman–Crippen LogP) is 1.91. The van der Waals surface area contributed by atoms with Crippen LogP contribution in [0.5, 0.6) is 0 Å². The number of carbonyl (C=O) groups excluding carboxylic acids is 1. The molecule has 2 rings (SSSR count). The van der Waals surface area contributed by atoms with E-state index in [0.29, 0.717) is 21.3 Å². The first kappa shape index (κ1) is 13.3. The molecular formula is C10H11Br2N5O. The second-order valence-corrected chi connectivity index (χ2v) is 5.37. The summed E-state index contributed by atoms with van der Waals surface area (Å²) in [5, 5.41) is 13.6. The van der Waals surface area contributed by atoms with Crippen LogP contribution in [0.3, 0.4) is 0 Å². The average Bonchev–Trinajstić information content (AvgIpc) is 2.82. The van der Waals surface area contributed by atoms with Crippen LogP contribution in [0.1, 0.15) is 21.9 Å². The smallest absolute Gasteiger partial charge is 0.273 e. The van der Waals surface area contributed by atoms with Crippen LogP contribution in [0.4, 0.5) is 0 Å². The van der Waals surface area contributed by atoms with Crippen LogP contribution in [0.2, 0.25) is 0 Å². The van der Waals surface area contributed by atoms with Crippen LogP contribution < -0.4 is 5.32 Å². The number of aryl methyl sites for hydroxylation is 2. The molecule has 96 valence electrons. The molecular weight excluding hydrogens is 366 g/mol. The van der Waals surface area contributed by atoms with Crippen LogP contribution in [0.25, 0.3) is 0 Å². The van der Waals surface area contributed by atoms with Crippen molar-refractivity contribution in [3.05, 3.63) is 32.2 Å². The Morgan fingerprint density at radius 1 is 1.56 bits per heavy atom. The zero-order valence-electron chi connectivity index (χ0n) is 9.79. The van der Waals surface area contributed by atoms with Crippen molar-refractivity contribution >= 4 is 37.8 Å². The number of nitrogens with one attached hydrogen (secondary N) is 2. The molecule has 0 aromatic carbocycles. The highest BCUT2D eigenvalue weighted by atomic mass is 79.9. The molecule has 1 amide bonds. The molecule has 0 aliphatic rings. The Bertz CT molecular complexity index is 570. The van der Waals surface area contributed by atoms with E-state index < -0.39 is 0 Å². The Morgan fingerprint density at radius 2 is 2.28 bits per heavy atom. The van der Waals surface area contributed by atoms with Gasteiger partial charge in [0, 0.05) is 12.7 Å². The minimum absolute atomic E-state index is 0.257. The lowest BCUT2D eigenvalue weighted by Gasteiger charge is -2.00. The molecule has 0 aliphatic heterocycles. The summed E-state index contributed by atoms with van der Waals surface area (Å²) in [5.41, 5.74) is 2.17. The zero-order valence-corrected chi connectivity index (χ0v) is 13.0. The lowest BCUT2D eigenvalue weighted by Crippen LogP contribution is -2.23. The molecule has 0 saturated carbocycles. The molecule has 18 heavy (non-hydrogen) atoms.